The molecule has 1 fully saturated rings. The largest absolute Gasteiger partial charge is 0.508 e. The number of carbonyl (C=O) groups excluding carboxylic acids is 3. The van der Waals surface area contributed by atoms with Gasteiger partial charge in [-0.2, -0.15) is 0 Å². The van der Waals surface area contributed by atoms with Crippen LogP contribution >= 0.6 is 0 Å². The second-order valence-corrected chi connectivity index (χ2v) is 10.2. The van der Waals surface area contributed by atoms with Crippen LogP contribution in [0.4, 0.5) is 0 Å². The molecule has 0 bridgehead atoms. The summed E-state index contributed by atoms with van der Waals surface area (Å²) in [6, 6.07) is 11.4. The van der Waals surface area contributed by atoms with E-state index in [1.807, 2.05) is 30.3 Å². The third-order valence-electron chi connectivity index (χ3n) is 6.86. The topological polar surface area (TPSA) is 221 Å². The van der Waals surface area contributed by atoms with Crippen molar-refractivity contribution in [3.05, 3.63) is 65.7 Å². The molecule has 0 radical (unpaired) electrons. The van der Waals surface area contributed by atoms with E-state index in [0.29, 0.717) is 24.9 Å². The minimum atomic E-state index is -1.25. The summed E-state index contributed by atoms with van der Waals surface area (Å²) in [5, 5.41) is 30.5. The standard InChI is InChI=1S/C29H39N7O6/c30-29(31)33-15-5-9-22(28(41)42)34-26(39)24(17-19-10-12-20(37)13-11-19)36-27(40)23(16-18-6-2-1-3-7-18)35-25(38)21-8-4-14-32-21/h1-3,6-7,10-13,21-24,32,37H,4-5,8-9,14-17H2,(H,34,39)(H,35,38)(H,36,40)(H,41,42)(H4,30,31,33). The molecule has 13 nitrogen and oxygen atoms in total. The summed E-state index contributed by atoms with van der Waals surface area (Å²) in [4.78, 5) is 55.7. The van der Waals surface area contributed by atoms with Gasteiger partial charge in [-0.3, -0.25) is 19.4 Å². The van der Waals surface area contributed by atoms with Gasteiger partial charge in [0.2, 0.25) is 17.7 Å². The normalized spacial score (nSPS) is 16.4. The number of nitrogens with one attached hydrogen (secondary N) is 4. The molecular formula is C29H39N7O6. The second-order valence-electron chi connectivity index (χ2n) is 10.2. The number of hydrogen-bond donors (Lipinski definition) is 8. The van der Waals surface area contributed by atoms with Gasteiger partial charge in [-0.15, -0.1) is 0 Å². The van der Waals surface area contributed by atoms with Crippen LogP contribution in [0.3, 0.4) is 0 Å². The van der Waals surface area contributed by atoms with Crippen molar-refractivity contribution in [1.29, 1.82) is 0 Å². The zero-order valence-corrected chi connectivity index (χ0v) is 23.3. The Hall–Kier alpha value is -4.65. The van der Waals surface area contributed by atoms with Gasteiger partial charge in [-0.25, -0.2) is 4.79 Å². The number of nitrogens with zero attached hydrogens (tertiary/aromatic N) is 1. The van der Waals surface area contributed by atoms with Crippen molar-refractivity contribution >= 4 is 29.7 Å². The molecular weight excluding hydrogens is 542 g/mol. The molecule has 4 atom stereocenters. The number of phenolic OH excluding ortho intramolecular Hbond substituents is 1. The van der Waals surface area contributed by atoms with E-state index in [1.54, 1.807) is 12.1 Å². The van der Waals surface area contributed by atoms with Crippen LogP contribution in [0.1, 0.15) is 36.8 Å². The fourth-order valence-corrected chi connectivity index (χ4v) is 4.62. The number of carboxylic acids is 1. The predicted octanol–water partition coefficient (Wildman–Crippen LogP) is -0.478. The molecule has 2 aromatic carbocycles. The van der Waals surface area contributed by atoms with Gasteiger partial charge in [-0.05, 0) is 55.5 Å². The predicted molar refractivity (Wildman–Crippen MR) is 156 cm³/mol. The Balaban J connectivity index is 1.79. The van der Waals surface area contributed by atoms with Crippen LogP contribution in [-0.4, -0.2) is 77.1 Å². The molecule has 3 rings (SSSR count). The molecule has 0 aliphatic carbocycles. The van der Waals surface area contributed by atoms with E-state index in [-0.39, 0.29) is 43.4 Å². The van der Waals surface area contributed by atoms with E-state index in [1.165, 1.54) is 12.1 Å². The van der Waals surface area contributed by atoms with Crippen molar-refractivity contribution in [2.45, 2.75) is 62.7 Å². The number of carbonyl (C=O) groups is 4. The van der Waals surface area contributed by atoms with Crippen molar-refractivity contribution in [2.24, 2.45) is 16.5 Å². The summed E-state index contributed by atoms with van der Waals surface area (Å²) >= 11 is 0. The second kappa shape index (κ2) is 16.0. The monoisotopic (exact) mass is 581 g/mol. The first-order valence-corrected chi connectivity index (χ1v) is 13.9. The molecule has 0 saturated carbocycles. The highest BCUT2D eigenvalue weighted by Crippen LogP contribution is 2.13. The van der Waals surface area contributed by atoms with Crippen LogP contribution in [0, 0.1) is 0 Å². The lowest BCUT2D eigenvalue weighted by molar-refractivity contribution is -0.142. The minimum absolute atomic E-state index is 0.00831. The molecule has 1 heterocycles. The van der Waals surface area contributed by atoms with Crippen molar-refractivity contribution in [1.82, 2.24) is 21.3 Å². The molecule has 1 aliphatic rings. The summed E-state index contributed by atoms with van der Waals surface area (Å²) in [6.07, 6.45) is 2.04. The highest BCUT2D eigenvalue weighted by atomic mass is 16.4. The summed E-state index contributed by atoms with van der Waals surface area (Å²) in [5.74, 6) is -2.96. The van der Waals surface area contributed by atoms with E-state index >= 15 is 0 Å². The molecule has 226 valence electrons. The van der Waals surface area contributed by atoms with Gasteiger partial charge in [0.15, 0.2) is 5.96 Å². The molecule has 1 saturated heterocycles. The molecule has 4 unspecified atom stereocenters. The Kier molecular flexibility index (Phi) is 12.1. The van der Waals surface area contributed by atoms with Gasteiger partial charge in [0.25, 0.3) is 0 Å². The van der Waals surface area contributed by atoms with Crippen molar-refractivity contribution in [3.63, 3.8) is 0 Å². The number of guanidine groups is 1. The number of benzene rings is 2. The molecule has 10 N–H and O–H groups in total. The number of aromatic hydroxyl groups is 1. The molecule has 0 aromatic heterocycles. The quantitative estimate of drug-likeness (QED) is 0.0772. The zero-order chi connectivity index (χ0) is 30.5. The number of amides is 3. The maximum absolute atomic E-state index is 13.6. The summed E-state index contributed by atoms with van der Waals surface area (Å²) in [5.41, 5.74) is 12.1. The number of rotatable bonds is 15. The number of hydrogen-bond acceptors (Lipinski definition) is 7. The van der Waals surface area contributed by atoms with Crippen molar-refractivity contribution in [2.75, 3.05) is 13.1 Å². The fourth-order valence-electron chi connectivity index (χ4n) is 4.62. The van der Waals surface area contributed by atoms with Gasteiger partial charge >= 0.3 is 5.97 Å². The number of carboxylic acid groups (broad SMARTS) is 1. The van der Waals surface area contributed by atoms with Gasteiger partial charge < -0.3 is 42.9 Å². The molecule has 42 heavy (non-hydrogen) atoms. The SMILES string of the molecule is NC(N)=NCCCC(NC(=O)C(Cc1ccc(O)cc1)NC(=O)C(Cc1ccccc1)NC(=O)C1CCCN1)C(=O)O. The molecule has 1 aliphatic heterocycles. The maximum atomic E-state index is 13.6. The van der Waals surface area contributed by atoms with Gasteiger partial charge in [-0.1, -0.05) is 42.5 Å². The first-order chi connectivity index (χ1) is 20.1. The number of nitrogens with two attached hydrogens (primary N) is 2. The summed E-state index contributed by atoms with van der Waals surface area (Å²) in [7, 11) is 0. The number of phenols is 1. The smallest absolute Gasteiger partial charge is 0.326 e. The van der Waals surface area contributed by atoms with E-state index in [2.05, 4.69) is 26.3 Å². The first kappa shape index (κ1) is 31.9. The molecule has 2 aromatic rings. The van der Waals surface area contributed by atoms with E-state index in [9.17, 15) is 29.4 Å². The molecule has 3 amide bonds. The lowest BCUT2D eigenvalue weighted by Crippen LogP contribution is -2.58. The van der Waals surface area contributed by atoms with Crippen LogP contribution in [0.5, 0.6) is 5.75 Å². The van der Waals surface area contributed by atoms with Crippen LogP contribution in [0.2, 0.25) is 0 Å². The Morgan fingerprint density at radius 3 is 2.05 bits per heavy atom. The first-order valence-electron chi connectivity index (χ1n) is 13.9. The van der Waals surface area contributed by atoms with Gasteiger partial charge in [0, 0.05) is 19.4 Å². The van der Waals surface area contributed by atoms with E-state index in [0.717, 1.165) is 12.0 Å². The fraction of sp³-hybridized carbons (Fsp3) is 0.414. The van der Waals surface area contributed by atoms with E-state index < -0.39 is 42.0 Å². The maximum Gasteiger partial charge on any atom is 0.326 e. The lowest BCUT2D eigenvalue weighted by Gasteiger charge is -2.25. The highest BCUT2D eigenvalue weighted by Gasteiger charge is 2.31. The minimum Gasteiger partial charge on any atom is -0.508 e. The van der Waals surface area contributed by atoms with Crippen LogP contribution in [-0.2, 0) is 32.0 Å². The van der Waals surface area contributed by atoms with Crippen LogP contribution in [0.25, 0.3) is 0 Å². The summed E-state index contributed by atoms with van der Waals surface area (Å²) < 4.78 is 0. The third-order valence-corrected chi connectivity index (χ3v) is 6.86. The van der Waals surface area contributed by atoms with Gasteiger partial charge in [0.1, 0.15) is 23.9 Å². The average molecular weight is 582 g/mol. The Bertz CT molecular complexity index is 1230. The number of aliphatic carboxylic acids is 1. The highest BCUT2D eigenvalue weighted by molar-refractivity contribution is 5.94. The Labute approximate surface area is 244 Å². The zero-order valence-electron chi connectivity index (χ0n) is 23.3. The van der Waals surface area contributed by atoms with Crippen LogP contribution in [0.15, 0.2) is 59.6 Å². The van der Waals surface area contributed by atoms with E-state index in [4.69, 9.17) is 11.5 Å². The number of aliphatic imine (C=N–C) groups is 1. The van der Waals surface area contributed by atoms with Crippen molar-refractivity contribution in [3.8, 4) is 5.75 Å². The van der Waals surface area contributed by atoms with Crippen LogP contribution < -0.4 is 32.7 Å². The molecule has 0 spiro atoms. The average Bonchev–Trinajstić information content (AvgIpc) is 3.50. The third kappa shape index (κ3) is 10.4. The Morgan fingerprint density at radius 2 is 1.48 bits per heavy atom. The lowest BCUT2D eigenvalue weighted by atomic mass is 10.0. The Morgan fingerprint density at radius 1 is 0.881 bits per heavy atom. The van der Waals surface area contributed by atoms with Gasteiger partial charge in [0.05, 0.1) is 6.04 Å². The molecule has 13 heteroatoms. The summed E-state index contributed by atoms with van der Waals surface area (Å²) in [6.45, 7) is 0.894. The van der Waals surface area contributed by atoms with Crippen molar-refractivity contribution < 1.29 is 29.4 Å².